The monoisotopic (exact) mass is 420 g/mol. The van der Waals surface area contributed by atoms with Crippen molar-refractivity contribution >= 4 is 17.6 Å². The summed E-state index contributed by atoms with van der Waals surface area (Å²) in [7, 11) is 4.04. The molecule has 0 aliphatic rings. The van der Waals surface area contributed by atoms with E-state index in [1.54, 1.807) is 11.9 Å². The molecule has 29 heavy (non-hydrogen) atoms. The smallest absolute Gasteiger partial charge is 0.143 e. The third-order valence-electron chi connectivity index (χ3n) is 4.56. The molecule has 1 N–H and O–H groups in total. The van der Waals surface area contributed by atoms with Gasteiger partial charge in [0, 0.05) is 36.8 Å². The third-order valence-corrected chi connectivity index (χ3v) is 5.45. The van der Waals surface area contributed by atoms with Gasteiger partial charge in [-0.05, 0) is 58.0 Å². The largest absolute Gasteiger partial charge is 0.460 e. The molecule has 0 aliphatic carbocycles. The Bertz CT molecular complexity index is 649. The molecular formula is C24H40N2O2S. The summed E-state index contributed by atoms with van der Waals surface area (Å²) in [5.74, 6) is 1.78. The Morgan fingerprint density at radius 2 is 1.76 bits per heavy atom. The zero-order valence-electron chi connectivity index (χ0n) is 19.2. The first-order chi connectivity index (χ1) is 14.0. The van der Waals surface area contributed by atoms with Crippen molar-refractivity contribution in [1.82, 2.24) is 4.31 Å². The Morgan fingerprint density at radius 3 is 2.24 bits per heavy atom. The molecule has 1 rings (SSSR count). The molecule has 0 aliphatic heterocycles. The standard InChI is InChI=1S/C24H40N2O2S/c1-7-11-14-21(10-4)28-23-18-22(26(15-12-8-2)16-13-9-3)20(19-27)17-24(23)29-25(5)6/h7,11,14,17-18,27H,8-10,12-13,15-16,19H2,1-6H3/b11-7-,21-14+. The van der Waals surface area contributed by atoms with E-state index in [-0.39, 0.29) is 6.61 Å². The van der Waals surface area contributed by atoms with E-state index in [9.17, 15) is 5.11 Å². The predicted molar refractivity (Wildman–Crippen MR) is 128 cm³/mol. The normalized spacial score (nSPS) is 12.2. The Hall–Kier alpha value is -1.43. The number of benzene rings is 1. The average Bonchev–Trinajstić information content (AvgIpc) is 2.71. The number of anilines is 1. The molecule has 1 aromatic carbocycles. The van der Waals surface area contributed by atoms with Crippen LogP contribution in [-0.2, 0) is 6.61 Å². The lowest BCUT2D eigenvalue weighted by Crippen LogP contribution is -2.27. The minimum atomic E-state index is 0.0282. The van der Waals surface area contributed by atoms with Crippen molar-refractivity contribution in [2.45, 2.75) is 71.3 Å². The van der Waals surface area contributed by atoms with Crippen LogP contribution in [0, 0.1) is 0 Å². The molecule has 0 saturated carbocycles. The van der Waals surface area contributed by atoms with Crippen LogP contribution < -0.4 is 9.64 Å². The Labute approximate surface area is 182 Å². The number of hydrogen-bond acceptors (Lipinski definition) is 5. The van der Waals surface area contributed by atoms with Crippen molar-refractivity contribution in [2.24, 2.45) is 0 Å². The number of hydrogen-bond donors (Lipinski definition) is 1. The van der Waals surface area contributed by atoms with Crippen LogP contribution in [0.25, 0.3) is 0 Å². The van der Waals surface area contributed by atoms with Crippen LogP contribution >= 0.6 is 11.9 Å². The second kappa shape index (κ2) is 14.5. The molecule has 0 spiro atoms. The predicted octanol–water partition coefficient (Wildman–Crippen LogP) is 6.40. The number of nitrogens with zero attached hydrogens (tertiary/aromatic N) is 2. The zero-order chi connectivity index (χ0) is 21.6. The maximum absolute atomic E-state index is 10.1. The summed E-state index contributed by atoms with van der Waals surface area (Å²) >= 11 is 1.62. The zero-order valence-corrected chi connectivity index (χ0v) is 20.0. The lowest BCUT2D eigenvalue weighted by atomic mass is 10.1. The van der Waals surface area contributed by atoms with Gasteiger partial charge < -0.3 is 14.7 Å². The molecule has 0 bridgehead atoms. The van der Waals surface area contributed by atoms with Crippen molar-refractivity contribution in [2.75, 3.05) is 32.1 Å². The van der Waals surface area contributed by atoms with Gasteiger partial charge in [-0.3, -0.25) is 4.31 Å². The van der Waals surface area contributed by atoms with E-state index >= 15 is 0 Å². The third kappa shape index (κ3) is 8.85. The number of ether oxygens (including phenoxy) is 1. The number of unbranched alkanes of at least 4 members (excludes halogenated alkanes) is 2. The van der Waals surface area contributed by atoms with Gasteiger partial charge in [-0.1, -0.05) is 45.8 Å². The lowest BCUT2D eigenvalue weighted by molar-refractivity contribution is 0.281. The van der Waals surface area contributed by atoms with Crippen molar-refractivity contribution in [3.63, 3.8) is 0 Å². The van der Waals surface area contributed by atoms with Gasteiger partial charge in [0.15, 0.2) is 0 Å². The van der Waals surface area contributed by atoms with Crippen LogP contribution in [0.2, 0.25) is 0 Å². The highest BCUT2D eigenvalue weighted by Crippen LogP contribution is 2.38. The summed E-state index contributed by atoms with van der Waals surface area (Å²) in [5, 5.41) is 10.1. The number of aliphatic hydroxyl groups is 1. The van der Waals surface area contributed by atoms with Crippen LogP contribution in [-0.4, -0.2) is 36.6 Å². The summed E-state index contributed by atoms with van der Waals surface area (Å²) in [5.41, 5.74) is 2.05. The summed E-state index contributed by atoms with van der Waals surface area (Å²) in [6.07, 6.45) is 11.4. The van der Waals surface area contributed by atoms with Crippen LogP contribution in [0.3, 0.4) is 0 Å². The SMILES string of the molecule is C/C=C\C=C(/CC)Oc1cc(N(CCCC)CCCC)c(CO)cc1SN(C)C. The van der Waals surface area contributed by atoms with E-state index in [0.29, 0.717) is 0 Å². The molecule has 164 valence electrons. The van der Waals surface area contributed by atoms with Crippen LogP contribution in [0.5, 0.6) is 5.75 Å². The first-order valence-corrected chi connectivity index (χ1v) is 11.7. The Balaban J connectivity index is 3.42. The maximum atomic E-state index is 10.1. The molecule has 0 atom stereocenters. The molecule has 1 aromatic rings. The highest BCUT2D eigenvalue weighted by atomic mass is 32.2. The fraction of sp³-hybridized carbons (Fsp3) is 0.583. The Kier molecular flexibility index (Phi) is 12.8. The summed E-state index contributed by atoms with van der Waals surface area (Å²) in [6, 6.07) is 4.21. The average molecular weight is 421 g/mol. The van der Waals surface area contributed by atoms with E-state index in [4.69, 9.17) is 4.74 Å². The van der Waals surface area contributed by atoms with Gasteiger partial charge >= 0.3 is 0 Å². The topological polar surface area (TPSA) is 35.9 Å². The Morgan fingerprint density at radius 1 is 1.10 bits per heavy atom. The van der Waals surface area contributed by atoms with Crippen LogP contribution in [0.1, 0.15) is 65.4 Å². The number of aliphatic hydroxyl groups excluding tert-OH is 1. The summed E-state index contributed by atoms with van der Waals surface area (Å²) in [4.78, 5) is 3.44. The number of rotatable bonds is 14. The fourth-order valence-corrected chi connectivity index (χ4v) is 3.76. The second-order valence-electron chi connectivity index (χ2n) is 7.30. The van der Waals surface area contributed by atoms with E-state index in [2.05, 4.69) is 42.1 Å². The van der Waals surface area contributed by atoms with E-state index in [0.717, 1.165) is 72.8 Å². The van der Waals surface area contributed by atoms with Crippen molar-refractivity contribution in [3.05, 3.63) is 41.7 Å². The van der Waals surface area contributed by atoms with Gasteiger partial charge in [-0.2, -0.15) is 0 Å². The summed E-state index contributed by atoms with van der Waals surface area (Å²) in [6.45, 7) is 10.6. The van der Waals surface area contributed by atoms with Gasteiger partial charge in [0.05, 0.1) is 11.5 Å². The second-order valence-corrected chi connectivity index (χ2v) is 8.65. The molecule has 0 amide bonds. The van der Waals surface area contributed by atoms with Gasteiger partial charge in [-0.25, -0.2) is 0 Å². The molecule has 4 nitrogen and oxygen atoms in total. The van der Waals surface area contributed by atoms with E-state index in [1.807, 2.05) is 39.2 Å². The molecule has 0 aromatic heterocycles. The first-order valence-electron chi connectivity index (χ1n) is 10.9. The van der Waals surface area contributed by atoms with Gasteiger partial charge in [-0.15, -0.1) is 0 Å². The van der Waals surface area contributed by atoms with E-state index < -0.39 is 0 Å². The molecule has 5 heteroatoms. The highest BCUT2D eigenvalue weighted by molar-refractivity contribution is 7.97. The highest BCUT2D eigenvalue weighted by Gasteiger charge is 2.17. The first kappa shape index (κ1) is 25.6. The minimum Gasteiger partial charge on any atom is -0.460 e. The summed E-state index contributed by atoms with van der Waals surface area (Å²) < 4.78 is 8.40. The number of allylic oxidation sites excluding steroid dienone is 4. The molecular weight excluding hydrogens is 380 g/mol. The van der Waals surface area contributed by atoms with Gasteiger partial charge in [0.25, 0.3) is 0 Å². The molecule has 0 saturated heterocycles. The molecule has 0 unspecified atom stereocenters. The van der Waals surface area contributed by atoms with Crippen LogP contribution in [0.15, 0.2) is 41.0 Å². The minimum absolute atomic E-state index is 0.0282. The maximum Gasteiger partial charge on any atom is 0.143 e. The molecule has 0 heterocycles. The van der Waals surface area contributed by atoms with Gasteiger partial charge in [0.2, 0.25) is 0 Å². The molecule has 0 radical (unpaired) electrons. The van der Waals surface area contributed by atoms with Crippen LogP contribution in [0.4, 0.5) is 5.69 Å². The van der Waals surface area contributed by atoms with Crippen molar-refractivity contribution in [3.8, 4) is 5.75 Å². The van der Waals surface area contributed by atoms with Gasteiger partial charge in [0.1, 0.15) is 11.5 Å². The van der Waals surface area contributed by atoms with Crippen molar-refractivity contribution < 1.29 is 9.84 Å². The lowest BCUT2D eigenvalue weighted by Gasteiger charge is -2.28. The molecule has 0 fully saturated rings. The van der Waals surface area contributed by atoms with Crippen molar-refractivity contribution in [1.29, 1.82) is 0 Å². The quantitative estimate of drug-likeness (QED) is 0.214. The van der Waals surface area contributed by atoms with E-state index in [1.165, 1.54) is 0 Å². The fourth-order valence-electron chi connectivity index (χ4n) is 2.98.